The van der Waals surface area contributed by atoms with E-state index in [0.29, 0.717) is 12.4 Å². The van der Waals surface area contributed by atoms with E-state index >= 15 is 0 Å². The van der Waals surface area contributed by atoms with Gasteiger partial charge in [0.05, 0.1) is 5.25 Å². The Bertz CT molecular complexity index is 234. The number of nitrogens with one attached hydrogen (secondary N) is 1. The number of hydrogen-bond donors (Lipinski definition) is 1. The van der Waals surface area contributed by atoms with Crippen LogP contribution >= 0.6 is 11.6 Å². The van der Waals surface area contributed by atoms with Crippen molar-refractivity contribution in [1.82, 2.24) is 4.72 Å². The molecular weight excluding hydrogens is 198 g/mol. The summed E-state index contributed by atoms with van der Waals surface area (Å²) in [6, 6.07) is 0. The van der Waals surface area contributed by atoms with Crippen molar-refractivity contribution in [1.29, 1.82) is 0 Å². The fourth-order valence-corrected chi connectivity index (χ4v) is 1.27. The van der Waals surface area contributed by atoms with Crippen LogP contribution in [0.25, 0.3) is 0 Å². The van der Waals surface area contributed by atoms with Gasteiger partial charge in [0, 0.05) is 12.4 Å². The summed E-state index contributed by atoms with van der Waals surface area (Å²) >= 11 is 5.35. The van der Waals surface area contributed by atoms with Crippen LogP contribution in [0.15, 0.2) is 12.2 Å². The Balaban J connectivity index is 3.86. The standard InChI is InChI=1S/C7H14ClNO2S/c1-7(2)12(10,11)9-6-4-3-5-8/h3-4,7,9H,5-6H2,1-2H3/b4-3+. The summed E-state index contributed by atoms with van der Waals surface area (Å²) in [7, 11) is -3.12. The Morgan fingerprint density at radius 2 is 2.00 bits per heavy atom. The third kappa shape index (κ3) is 4.74. The lowest BCUT2D eigenvalue weighted by Crippen LogP contribution is -2.30. The predicted octanol–water partition coefficient (Wildman–Crippen LogP) is 1.11. The molecule has 0 saturated carbocycles. The molecule has 0 aromatic heterocycles. The lowest BCUT2D eigenvalue weighted by atomic mass is 10.5. The molecule has 0 bridgehead atoms. The molecule has 0 amide bonds. The van der Waals surface area contributed by atoms with E-state index in [1.165, 1.54) is 0 Å². The van der Waals surface area contributed by atoms with Gasteiger partial charge in [0.1, 0.15) is 0 Å². The van der Waals surface area contributed by atoms with E-state index < -0.39 is 10.0 Å². The second kappa shape index (κ2) is 5.56. The summed E-state index contributed by atoms with van der Waals surface area (Å²) in [5.74, 6) is 0.406. The van der Waals surface area contributed by atoms with Gasteiger partial charge in [0.15, 0.2) is 0 Å². The van der Waals surface area contributed by atoms with Crippen LogP contribution < -0.4 is 4.72 Å². The van der Waals surface area contributed by atoms with E-state index in [4.69, 9.17) is 11.6 Å². The summed E-state index contributed by atoms with van der Waals surface area (Å²) in [4.78, 5) is 0. The quantitative estimate of drug-likeness (QED) is 0.547. The van der Waals surface area contributed by atoms with E-state index in [9.17, 15) is 8.42 Å². The lowest BCUT2D eigenvalue weighted by Gasteiger charge is -2.06. The average Bonchev–Trinajstić information content (AvgIpc) is 1.98. The highest BCUT2D eigenvalue weighted by Crippen LogP contribution is 1.94. The molecule has 0 aliphatic rings. The number of rotatable bonds is 5. The van der Waals surface area contributed by atoms with Gasteiger partial charge < -0.3 is 0 Å². The zero-order chi connectivity index (χ0) is 9.61. The second-order valence-electron chi connectivity index (χ2n) is 2.57. The van der Waals surface area contributed by atoms with E-state index in [1.807, 2.05) is 0 Å². The molecule has 0 aliphatic heterocycles. The van der Waals surface area contributed by atoms with Crippen LogP contribution in [-0.2, 0) is 10.0 Å². The summed E-state index contributed by atoms with van der Waals surface area (Å²) in [6.45, 7) is 3.58. The maximum atomic E-state index is 11.1. The Kier molecular flexibility index (Phi) is 5.53. The maximum absolute atomic E-state index is 11.1. The van der Waals surface area contributed by atoms with Gasteiger partial charge in [-0.25, -0.2) is 13.1 Å². The molecule has 72 valence electrons. The van der Waals surface area contributed by atoms with Crippen LogP contribution in [0, 0.1) is 0 Å². The van der Waals surface area contributed by atoms with Crippen molar-refractivity contribution in [3.63, 3.8) is 0 Å². The molecule has 1 N–H and O–H groups in total. The maximum Gasteiger partial charge on any atom is 0.214 e. The van der Waals surface area contributed by atoms with Gasteiger partial charge in [-0.2, -0.15) is 0 Å². The van der Waals surface area contributed by atoms with Gasteiger partial charge in [-0.3, -0.25) is 0 Å². The third-order valence-corrected chi connectivity index (χ3v) is 3.27. The van der Waals surface area contributed by atoms with Crippen LogP contribution in [0.5, 0.6) is 0 Å². The molecule has 0 aromatic rings. The van der Waals surface area contributed by atoms with E-state index in [2.05, 4.69) is 4.72 Å². The molecule has 0 unspecified atom stereocenters. The summed E-state index contributed by atoms with van der Waals surface area (Å²) < 4.78 is 24.7. The number of sulfonamides is 1. The van der Waals surface area contributed by atoms with Crippen molar-refractivity contribution in [2.24, 2.45) is 0 Å². The third-order valence-electron chi connectivity index (χ3n) is 1.28. The van der Waals surface area contributed by atoms with Gasteiger partial charge in [-0.1, -0.05) is 12.2 Å². The van der Waals surface area contributed by atoms with Crippen LogP contribution in [0.1, 0.15) is 13.8 Å². The molecule has 3 nitrogen and oxygen atoms in total. The lowest BCUT2D eigenvalue weighted by molar-refractivity contribution is 0.576. The van der Waals surface area contributed by atoms with Crippen LogP contribution in [-0.4, -0.2) is 26.1 Å². The fourth-order valence-electron chi connectivity index (χ4n) is 0.477. The van der Waals surface area contributed by atoms with E-state index in [1.54, 1.807) is 26.0 Å². The molecule has 0 atom stereocenters. The largest absolute Gasteiger partial charge is 0.214 e. The first kappa shape index (κ1) is 11.9. The number of halogens is 1. The van der Waals surface area contributed by atoms with Gasteiger partial charge in [0.2, 0.25) is 10.0 Å². The van der Waals surface area contributed by atoms with E-state index in [-0.39, 0.29) is 5.25 Å². The Morgan fingerprint density at radius 1 is 1.42 bits per heavy atom. The number of hydrogen-bond acceptors (Lipinski definition) is 2. The van der Waals surface area contributed by atoms with Crippen molar-refractivity contribution < 1.29 is 8.42 Å². The highest BCUT2D eigenvalue weighted by molar-refractivity contribution is 7.90. The molecule has 0 fully saturated rings. The fraction of sp³-hybridized carbons (Fsp3) is 0.714. The molecular formula is C7H14ClNO2S. The van der Waals surface area contributed by atoms with Gasteiger partial charge >= 0.3 is 0 Å². The highest BCUT2D eigenvalue weighted by Gasteiger charge is 2.12. The Morgan fingerprint density at radius 3 is 2.42 bits per heavy atom. The second-order valence-corrected chi connectivity index (χ2v) is 5.20. The minimum atomic E-state index is -3.12. The van der Waals surface area contributed by atoms with Gasteiger partial charge in [-0.05, 0) is 13.8 Å². The van der Waals surface area contributed by atoms with Crippen molar-refractivity contribution in [3.8, 4) is 0 Å². The molecule has 0 spiro atoms. The van der Waals surface area contributed by atoms with Crippen molar-refractivity contribution in [3.05, 3.63) is 12.2 Å². The van der Waals surface area contributed by atoms with Crippen molar-refractivity contribution in [2.75, 3.05) is 12.4 Å². The van der Waals surface area contributed by atoms with Crippen LogP contribution in [0.4, 0.5) is 0 Å². The SMILES string of the molecule is CC(C)S(=O)(=O)NC/C=C/CCl. The first-order valence-corrected chi connectivity index (χ1v) is 5.78. The predicted molar refractivity (Wildman–Crippen MR) is 51.9 cm³/mol. The Hall–Kier alpha value is -0.0600. The normalized spacial score (nSPS) is 13.0. The molecule has 0 rings (SSSR count). The first-order valence-electron chi connectivity index (χ1n) is 3.70. The van der Waals surface area contributed by atoms with Crippen LogP contribution in [0.3, 0.4) is 0 Å². The van der Waals surface area contributed by atoms with Gasteiger partial charge in [0.25, 0.3) is 0 Å². The van der Waals surface area contributed by atoms with E-state index in [0.717, 1.165) is 0 Å². The first-order chi connectivity index (χ1) is 5.50. The van der Waals surface area contributed by atoms with Crippen LogP contribution in [0.2, 0.25) is 0 Å². The molecule has 0 radical (unpaired) electrons. The Labute approximate surface area is 78.9 Å². The molecule has 0 aromatic carbocycles. The summed E-state index contributed by atoms with van der Waals surface area (Å²) in [5.41, 5.74) is 0. The zero-order valence-corrected chi connectivity index (χ0v) is 8.82. The minimum absolute atomic E-state index is 0.313. The molecule has 12 heavy (non-hydrogen) atoms. The average molecular weight is 212 g/mol. The summed E-state index contributed by atoms with van der Waals surface area (Å²) in [5, 5.41) is -0.387. The number of alkyl halides is 1. The molecule has 0 saturated heterocycles. The smallest absolute Gasteiger partial charge is 0.212 e. The monoisotopic (exact) mass is 211 g/mol. The van der Waals surface area contributed by atoms with Gasteiger partial charge in [-0.15, -0.1) is 11.6 Å². The molecule has 5 heteroatoms. The topological polar surface area (TPSA) is 46.2 Å². The van der Waals surface area contributed by atoms with Crippen molar-refractivity contribution >= 4 is 21.6 Å². The number of allylic oxidation sites excluding steroid dienone is 1. The molecule has 0 aliphatic carbocycles. The molecule has 0 heterocycles. The zero-order valence-electron chi connectivity index (χ0n) is 7.25. The summed E-state index contributed by atoms with van der Waals surface area (Å²) in [6.07, 6.45) is 3.39. The van der Waals surface area contributed by atoms with Crippen molar-refractivity contribution in [2.45, 2.75) is 19.1 Å². The highest BCUT2D eigenvalue weighted by atomic mass is 35.5. The minimum Gasteiger partial charge on any atom is -0.212 e.